The Balaban J connectivity index is 2.99. The van der Waals surface area contributed by atoms with Gasteiger partial charge in [-0.25, -0.2) is 9.59 Å². The molecule has 84 valence electrons. The van der Waals surface area contributed by atoms with E-state index in [-0.39, 0.29) is 11.1 Å². The SMILES string of the molecule is C=C[C@@H](C)OC(=O)c1ccccc1C(=O)O. The predicted octanol–water partition coefficient (Wildman–Crippen LogP) is 2.12. The molecule has 0 saturated heterocycles. The van der Waals surface area contributed by atoms with Gasteiger partial charge in [0, 0.05) is 0 Å². The predicted molar refractivity (Wildman–Crippen MR) is 58.5 cm³/mol. The topological polar surface area (TPSA) is 63.6 Å². The molecule has 0 bridgehead atoms. The number of ether oxygens (including phenoxy) is 1. The second-order valence-electron chi connectivity index (χ2n) is 3.20. The first kappa shape index (κ1) is 12.0. The number of esters is 1. The second kappa shape index (κ2) is 5.11. The van der Waals surface area contributed by atoms with Crippen LogP contribution in [0.25, 0.3) is 0 Å². The molecule has 4 heteroatoms. The summed E-state index contributed by atoms with van der Waals surface area (Å²) in [4.78, 5) is 22.5. The zero-order valence-corrected chi connectivity index (χ0v) is 8.84. The van der Waals surface area contributed by atoms with Gasteiger partial charge in [0.2, 0.25) is 0 Å². The highest BCUT2D eigenvalue weighted by atomic mass is 16.5. The quantitative estimate of drug-likeness (QED) is 0.623. The second-order valence-corrected chi connectivity index (χ2v) is 3.20. The molecule has 1 aromatic rings. The third kappa shape index (κ3) is 2.70. The van der Waals surface area contributed by atoms with Crippen molar-refractivity contribution in [2.45, 2.75) is 13.0 Å². The molecule has 0 aliphatic rings. The Bertz CT molecular complexity index is 423. The number of carboxylic acid groups (broad SMARTS) is 1. The first-order valence-electron chi connectivity index (χ1n) is 4.72. The Morgan fingerprint density at radius 1 is 1.38 bits per heavy atom. The molecule has 0 aliphatic carbocycles. The Hall–Kier alpha value is -2.10. The molecule has 0 amide bonds. The van der Waals surface area contributed by atoms with E-state index in [2.05, 4.69) is 6.58 Å². The molecule has 0 fully saturated rings. The third-order valence-corrected chi connectivity index (χ3v) is 2.00. The van der Waals surface area contributed by atoms with Gasteiger partial charge in [-0.1, -0.05) is 24.8 Å². The number of rotatable bonds is 4. The van der Waals surface area contributed by atoms with Crippen LogP contribution in [0.4, 0.5) is 0 Å². The monoisotopic (exact) mass is 220 g/mol. The van der Waals surface area contributed by atoms with Gasteiger partial charge in [0.05, 0.1) is 11.1 Å². The lowest BCUT2D eigenvalue weighted by Crippen LogP contribution is -2.16. The highest BCUT2D eigenvalue weighted by molar-refractivity contribution is 6.02. The summed E-state index contributed by atoms with van der Waals surface area (Å²) < 4.78 is 4.96. The minimum absolute atomic E-state index is 0.0451. The minimum atomic E-state index is -1.15. The van der Waals surface area contributed by atoms with Crippen LogP contribution in [0.1, 0.15) is 27.6 Å². The number of benzene rings is 1. The molecule has 0 spiro atoms. The lowest BCUT2D eigenvalue weighted by molar-refractivity contribution is 0.0417. The largest absolute Gasteiger partial charge is 0.478 e. The normalized spacial score (nSPS) is 11.6. The average Bonchev–Trinajstić information content (AvgIpc) is 2.28. The highest BCUT2D eigenvalue weighted by Crippen LogP contribution is 2.11. The van der Waals surface area contributed by atoms with Gasteiger partial charge < -0.3 is 9.84 Å². The Morgan fingerprint density at radius 3 is 2.44 bits per heavy atom. The molecule has 4 nitrogen and oxygen atoms in total. The van der Waals surface area contributed by atoms with E-state index >= 15 is 0 Å². The standard InChI is InChI=1S/C12H12O4/c1-3-8(2)16-12(15)10-7-5-4-6-9(10)11(13)14/h3-8H,1H2,2H3,(H,13,14)/t8-/m1/s1. The lowest BCUT2D eigenvalue weighted by Gasteiger charge is -2.10. The Kier molecular flexibility index (Phi) is 3.83. The van der Waals surface area contributed by atoms with Crippen molar-refractivity contribution < 1.29 is 19.4 Å². The maximum atomic E-state index is 11.6. The zero-order chi connectivity index (χ0) is 12.1. The average molecular weight is 220 g/mol. The van der Waals surface area contributed by atoms with Crippen LogP contribution >= 0.6 is 0 Å². The van der Waals surface area contributed by atoms with E-state index in [9.17, 15) is 9.59 Å². The van der Waals surface area contributed by atoms with Gasteiger partial charge in [-0.3, -0.25) is 0 Å². The van der Waals surface area contributed by atoms with Crippen molar-refractivity contribution in [2.24, 2.45) is 0 Å². The number of aromatic carboxylic acids is 1. The van der Waals surface area contributed by atoms with E-state index in [1.807, 2.05) is 0 Å². The molecule has 0 aliphatic heterocycles. The summed E-state index contributed by atoms with van der Waals surface area (Å²) in [5.41, 5.74) is -0.0209. The molecule has 1 aromatic carbocycles. The Morgan fingerprint density at radius 2 is 1.94 bits per heavy atom. The van der Waals surface area contributed by atoms with Crippen LogP contribution in [0.3, 0.4) is 0 Å². The molecular weight excluding hydrogens is 208 g/mol. The molecule has 1 atom stereocenters. The van der Waals surface area contributed by atoms with Crippen molar-refractivity contribution in [3.63, 3.8) is 0 Å². The number of carbonyl (C=O) groups is 2. The van der Waals surface area contributed by atoms with E-state index in [1.54, 1.807) is 19.1 Å². The van der Waals surface area contributed by atoms with Crippen molar-refractivity contribution in [1.82, 2.24) is 0 Å². The zero-order valence-electron chi connectivity index (χ0n) is 8.84. The van der Waals surface area contributed by atoms with Crippen LogP contribution in [-0.2, 0) is 4.74 Å². The molecule has 1 N–H and O–H groups in total. The molecule has 0 aromatic heterocycles. The lowest BCUT2D eigenvalue weighted by atomic mass is 10.1. The van der Waals surface area contributed by atoms with E-state index in [0.29, 0.717) is 0 Å². The van der Waals surface area contributed by atoms with Crippen LogP contribution in [0.2, 0.25) is 0 Å². The Labute approximate surface area is 93.2 Å². The van der Waals surface area contributed by atoms with E-state index < -0.39 is 18.0 Å². The molecule has 1 rings (SSSR count). The van der Waals surface area contributed by atoms with Crippen LogP contribution < -0.4 is 0 Å². The minimum Gasteiger partial charge on any atom is -0.478 e. The first-order valence-corrected chi connectivity index (χ1v) is 4.72. The molecular formula is C12H12O4. The van der Waals surface area contributed by atoms with Gasteiger partial charge in [0.25, 0.3) is 0 Å². The van der Waals surface area contributed by atoms with E-state index in [1.165, 1.54) is 18.2 Å². The number of hydrogen-bond donors (Lipinski definition) is 1. The van der Waals surface area contributed by atoms with Gasteiger partial charge in [-0.15, -0.1) is 0 Å². The smallest absolute Gasteiger partial charge is 0.339 e. The molecule has 0 radical (unpaired) electrons. The fourth-order valence-electron chi connectivity index (χ4n) is 1.13. The van der Waals surface area contributed by atoms with Crippen LogP contribution in [0.5, 0.6) is 0 Å². The van der Waals surface area contributed by atoms with Crippen molar-refractivity contribution in [3.8, 4) is 0 Å². The summed E-state index contributed by atoms with van der Waals surface area (Å²) in [7, 11) is 0. The maximum absolute atomic E-state index is 11.6. The summed E-state index contributed by atoms with van der Waals surface area (Å²) in [6.45, 7) is 5.12. The van der Waals surface area contributed by atoms with Gasteiger partial charge >= 0.3 is 11.9 Å². The summed E-state index contributed by atoms with van der Waals surface area (Å²) in [5.74, 6) is -1.82. The summed E-state index contributed by atoms with van der Waals surface area (Å²) >= 11 is 0. The fraction of sp³-hybridized carbons (Fsp3) is 0.167. The van der Waals surface area contributed by atoms with Crippen molar-refractivity contribution in [3.05, 3.63) is 48.0 Å². The number of carbonyl (C=O) groups excluding carboxylic acids is 1. The van der Waals surface area contributed by atoms with Crippen molar-refractivity contribution >= 4 is 11.9 Å². The van der Waals surface area contributed by atoms with Gasteiger partial charge in [0.1, 0.15) is 6.10 Å². The van der Waals surface area contributed by atoms with Gasteiger partial charge in [-0.2, -0.15) is 0 Å². The van der Waals surface area contributed by atoms with E-state index in [4.69, 9.17) is 9.84 Å². The van der Waals surface area contributed by atoms with Crippen LogP contribution in [-0.4, -0.2) is 23.1 Å². The third-order valence-electron chi connectivity index (χ3n) is 2.00. The number of hydrogen-bond acceptors (Lipinski definition) is 3. The number of carboxylic acids is 1. The van der Waals surface area contributed by atoms with Crippen LogP contribution in [0.15, 0.2) is 36.9 Å². The molecule has 0 saturated carbocycles. The molecule has 0 heterocycles. The van der Waals surface area contributed by atoms with Gasteiger partial charge in [-0.05, 0) is 19.1 Å². The van der Waals surface area contributed by atoms with E-state index in [0.717, 1.165) is 0 Å². The summed E-state index contributed by atoms with van der Waals surface area (Å²) in [6, 6.07) is 5.91. The fourth-order valence-corrected chi connectivity index (χ4v) is 1.13. The first-order chi connectivity index (χ1) is 7.56. The van der Waals surface area contributed by atoms with Crippen LogP contribution in [0, 0.1) is 0 Å². The summed E-state index contributed by atoms with van der Waals surface area (Å²) in [5, 5.41) is 8.88. The molecule has 16 heavy (non-hydrogen) atoms. The molecule has 0 unspecified atom stereocenters. The van der Waals surface area contributed by atoms with Crippen molar-refractivity contribution in [2.75, 3.05) is 0 Å². The maximum Gasteiger partial charge on any atom is 0.339 e. The van der Waals surface area contributed by atoms with Gasteiger partial charge in [0.15, 0.2) is 0 Å². The van der Waals surface area contributed by atoms with Crippen molar-refractivity contribution in [1.29, 1.82) is 0 Å². The summed E-state index contributed by atoms with van der Waals surface area (Å²) in [6.07, 6.45) is 1.01. The highest BCUT2D eigenvalue weighted by Gasteiger charge is 2.17.